The first-order chi connectivity index (χ1) is 15.7. The van der Waals surface area contributed by atoms with Crippen molar-refractivity contribution in [3.05, 3.63) is 52.2 Å². The van der Waals surface area contributed by atoms with Gasteiger partial charge in [0, 0.05) is 66.6 Å². The Hall–Kier alpha value is -2.26. The number of hydrogen-bond donors (Lipinski definition) is 2. The predicted molar refractivity (Wildman–Crippen MR) is 127 cm³/mol. The number of nitrogens with one attached hydrogen (secondary N) is 2. The molecule has 3 aromatic rings. The molecule has 0 saturated carbocycles. The fourth-order valence-electron chi connectivity index (χ4n) is 4.75. The fourth-order valence-corrected chi connectivity index (χ4v) is 5.77. The Labute approximate surface area is 192 Å². The maximum absolute atomic E-state index is 12.9. The summed E-state index contributed by atoms with van der Waals surface area (Å²) in [5.74, 6) is -0.0553. The van der Waals surface area contributed by atoms with Gasteiger partial charge in [-0.1, -0.05) is 18.2 Å². The van der Waals surface area contributed by atoms with Gasteiger partial charge in [0.25, 0.3) is 5.91 Å². The summed E-state index contributed by atoms with van der Waals surface area (Å²) in [6, 6.07) is 11.2. The molecule has 0 radical (unpaired) electrons. The van der Waals surface area contributed by atoms with Crippen LogP contribution in [-0.4, -0.2) is 66.0 Å². The second kappa shape index (κ2) is 9.70. The van der Waals surface area contributed by atoms with Crippen LogP contribution in [-0.2, 0) is 31.2 Å². The number of carbonyl (C=O) groups is 1. The second-order valence-corrected chi connectivity index (χ2v) is 9.85. The molecule has 7 nitrogen and oxygen atoms in total. The zero-order chi connectivity index (χ0) is 21.9. The van der Waals surface area contributed by atoms with Gasteiger partial charge in [-0.2, -0.15) is 5.10 Å². The molecule has 3 heterocycles. The molecule has 1 atom stereocenters. The summed E-state index contributed by atoms with van der Waals surface area (Å²) < 4.78 is 8.62. The van der Waals surface area contributed by atoms with Crippen LogP contribution < -0.4 is 10.6 Å². The molecular formula is C24H31N5O2S. The topological polar surface area (TPSA) is 71.4 Å². The average Bonchev–Trinajstić information content (AvgIpc) is 3.39. The van der Waals surface area contributed by atoms with E-state index in [2.05, 4.69) is 51.0 Å². The molecule has 1 fully saturated rings. The highest BCUT2D eigenvalue weighted by Gasteiger charge is 2.28. The van der Waals surface area contributed by atoms with E-state index in [9.17, 15) is 4.79 Å². The van der Waals surface area contributed by atoms with E-state index in [1.54, 1.807) is 0 Å². The zero-order valence-corrected chi connectivity index (χ0v) is 19.4. The first kappa shape index (κ1) is 21.6. The second-order valence-electron chi connectivity index (χ2n) is 8.68. The summed E-state index contributed by atoms with van der Waals surface area (Å²) in [6.45, 7) is 5.77. The lowest BCUT2D eigenvalue weighted by atomic mass is 9.91. The first-order valence-electron chi connectivity index (χ1n) is 11.5. The number of fused-ring (bicyclic) bond motifs is 2. The minimum atomic E-state index is -0.0553. The van der Waals surface area contributed by atoms with Crippen molar-refractivity contribution in [3.8, 4) is 0 Å². The minimum absolute atomic E-state index is 0.0553. The van der Waals surface area contributed by atoms with E-state index in [0.29, 0.717) is 18.3 Å². The summed E-state index contributed by atoms with van der Waals surface area (Å²) >= 11 is 1.85. The summed E-state index contributed by atoms with van der Waals surface area (Å²) in [6.07, 6.45) is 2.86. The Bertz CT molecular complexity index is 1050. The standard InChI is InChI=1S/C24H31N5O2S/c1-28-21-7-6-18(26-16-19-14-17-4-2-3-5-22(17)32-19)15-20(21)23(27-28)24(30)25-8-9-29-10-12-31-13-11-29/h2-5,14,18,26H,6-13,15-16H2,1H3,(H,25,30). The maximum atomic E-state index is 12.9. The Morgan fingerprint density at radius 3 is 2.97 bits per heavy atom. The number of amides is 1. The van der Waals surface area contributed by atoms with Crippen LogP contribution in [0.4, 0.5) is 0 Å². The van der Waals surface area contributed by atoms with Gasteiger partial charge in [-0.15, -0.1) is 11.3 Å². The third kappa shape index (κ3) is 4.73. The van der Waals surface area contributed by atoms with Gasteiger partial charge in [-0.05, 0) is 36.8 Å². The number of aryl methyl sites for hydroxylation is 1. The normalized spacial score (nSPS) is 19.2. The number of aromatic nitrogens is 2. The number of thiophene rings is 1. The third-order valence-electron chi connectivity index (χ3n) is 6.53. The lowest BCUT2D eigenvalue weighted by Gasteiger charge is -2.26. The van der Waals surface area contributed by atoms with Crippen LogP contribution in [0.1, 0.15) is 33.0 Å². The molecule has 1 aromatic carbocycles. The quantitative estimate of drug-likeness (QED) is 0.575. The number of benzene rings is 1. The highest BCUT2D eigenvalue weighted by Crippen LogP contribution is 2.27. The van der Waals surface area contributed by atoms with Crippen molar-refractivity contribution in [1.29, 1.82) is 0 Å². The Kier molecular flexibility index (Phi) is 6.54. The first-order valence-corrected chi connectivity index (χ1v) is 12.3. The highest BCUT2D eigenvalue weighted by molar-refractivity contribution is 7.19. The highest BCUT2D eigenvalue weighted by atomic mass is 32.1. The molecule has 2 aromatic heterocycles. The number of hydrogen-bond acceptors (Lipinski definition) is 6. The summed E-state index contributed by atoms with van der Waals surface area (Å²) in [5.41, 5.74) is 2.90. The van der Waals surface area contributed by atoms with Gasteiger partial charge < -0.3 is 15.4 Å². The molecule has 1 saturated heterocycles. The number of carbonyl (C=O) groups excluding carboxylic acids is 1. The fraction of sp³-hybridized carbons (Fsp3) is 0.500. The summed E-state index contributed by atoms with van der Waals surface area (Å²) in [4.78, 5) is 16.6. The zero-order valence-electron chi connectivity index (χ0n) is 18.6. The van der Waals surface area contributed by atoms with E-state index in [4.69, 9.17) is 4.74 Å². The van der Waals surface area contributed by atoms with Gasteiger partial charge in [0.1, 0.15) is 0 Å². The van der Waals surface area contributed by atoms with Crippen molar-refractivity contribution in [1.82, 2.24) is 25.3 Å². The van der Waals surface area contributed by atoms with Crippen molar-refractivity contribution >= 4 is 27.3 Å². The van der Waals surface area contributed by atoms with Gasteiger partial charge in [0.2, 0.25) is 0 Å². The SMILES string of the molecule is Cn1nc(C(=O)NCCN2CCOCC2)c2c1CCC(NCc1cc3ccccc3s1)C2. The average molecular weight is 454 g/mol. The van der Waals surface area contributed by atoms with E-state index in [-0.39, 0.29) is 5.91 Å². The Morgan fingerprint density at radius 1 is 1.28 bits per heavy atom. The van der Waals surface area contributed by atoms with Crippen LogP contribution in [0.2, 0.25) is 0 Å². The maximum Gasteiger partial charge on any atom is 0.272 e. The largest absolute Gasteiger partial charge is 0.379 e. The molecule has 0 bridgehead atoms. The molecule has 8 heteroatoms. The van der Waals surface area contributed by atoms with E-state index in [1.165, 1.54) is 20.7 Å². The van der Waals surface area contributed by atoms with E-state index in [1.807, 2.05) is 23.1 Å². The van der Waals surface area contributed by atoms with Crippen LogP contribution in [0, 0.1) is 0 Å². The molecule has 1 aliphatic heterocycles. The molecule has 0 spiro atoms. The lowest BCUT2D eigenvalue weighted by Crippen LogP contribution is -2.41. The van der Waals surface area contributed by atoms with Crippen molar-refractivity contribution in [2.75, 3.05) is 39.4 Å². The summed E-state index contributed by atoms with van der Waals surface area (Å²) in [7, 11) is 1.95. The van der Waals surface area contributed by atoms with Crippen LogP contribution in [0.5, 0.6) is 0 Å². The predicted octanol–water partition coefficient (Wildman–Crippen LogP) is 2.34. The number of rotatable bonds is 7. The van der Waals surface area contributed by atoms with Crippen molar-refractivity contribution in [3.63, 3.8) is 0 Å². The van der Waals surface area contributed by atoms with Gasteiger partial charge in [0.05, 0.1) is 13.2 Å². The molecule has 2 N–H and O–H groups in total. The number of morpholine rings is 1. The number of nitrogens with zero attached hydrogens (tertiary/aromatic N) is 3. The van der Waals surface area contributed by atoms with Crippen LogP contribution in [0.15, 0.2) is 30.3 Å². The minimum Gasteiger partial charge on any atom is -0.379 e. The smallest absolute Gasteiger partial charge is 0.272 e. The molecule has 2 aliphatic rings. The van der Waals surface area contributed by atoms with Crippen LogP contribution in [0.3, 0.4) is 0 Å². The molecule has 1 amide bonds. The van der Waals surface area contributed by atoms with Crippen molar-refractivity contribution in [2.45, 2.75) is 31.8 Å². The van der Waals surface area contributed by atoms with Gasteiger partial charge in [-0.25, -0.2) is 0 Å². The molecule has 32 heavy (non-hydrogen) atoms. The number of ether oxygens (including phenoxy) is 1. The molecule has 5 rings (SSSR count). The van der Waals surface area contributed by atoms with E-state index in [0.717, 1.165) is 64.2 Å². The Morgan fingerprint density at radius 2 is 2.12 bits per heavy atom. The van der Waals surface area contributed by atoms with Gasteiger partial charge in [-0.3, -0.25) is 14.4 Å². The molecule has 170 valence electrons. The Balaban J connectivity index is 1.19. The monoisotopic (exact) mass is 453 g/mol. The van der Waals surface area contributed by atoms with Crippen molar-refractivity contribution < 1.29 is 9.53 Å². The third-order valence-corrected chi connectivity index (χ3v) is 7.64. The van der Waals surface area contributed by atoms with Crippen LogP contribution >= 0.6 is 11.3 Å². The summed E-state index contributed by atoms with van der Waals surface area (Å²) in [5, 5.41) is 12.7. The molecular weight excluding hydrogens is 422 g/mol. The van der Waals surface area contributed by atoms with Crippen LogP contribution in [0.25, 0.3) is 10.1 Å². The van der Waals surface area contributed by atoms with Gasteiger partial charge in [0.15, 0.2) is 5.69 Å². The molecule has 1 aliphatic carbocycles. The van der Waals surface area contributed by atoms with E-state index < -0.39 is 0 Å². The van der Waals surface area contributed by atoms with Gasteiger partial charge >= 0.3 is 0 Å². The molecule has 1 unspecified atom stereocenters. The lowest BCUT2D eigenvalue weighted by molar-refractivity contribution is 0.0383. The van der Waals surface area contributed by atoms with E-state index >= 15 is 0 Å². The van der Waals surface area contributed by atoms with Crippen molar-refractivity contribution in [2.24, 2.45) is 7.05 Å².